The maximum Gasteiger partial charge on any atom is 0.329 e. The Morgan fingerprint density at radius 1 is 1.25 bits per heavy atom. The number of carbonyl (C=O) groups excluding carboxylic acids is 1. The summed E-state index contributed by atoms with van der Waals surface area (Å²) in [5, 5.41) is 3.72. The van der Waals surface area contributed by atoms with Gasteiger partial charge in [-0.15, -0.1) is 0 Å². The summed E-state index contributed by atoms with van der Waals surface area (Å²) >= 11 is 12.2. The third kappa shape index (κ3) is 4.04. The lowest BCUT2D eigenvalue weighted by molar-refractivity contribution is -0.342. The van der Waals surface area contributed by atoms with E-state index in [-0.39, 0.29) is 5.71 Å². The molecule has 0 fully saturated rings. The highest BCUT2D eigenvalue weighted by molar-refractivity contribution is 6.46. The monoisotopic (exact) mass is 364 g/mol. The van der Waals surface area contributed by atoms with E-state index in [9.17, 15) is 4.79 Å². The van der Waals surface area contributed by atoms with Gasteiger partial charge in [-0.05, 0) is 36.5 Å². The molecule has 6 nitrogen and oxygen atoms in total. The zero-order valence-electron chi connectivity index (χ0n) is 12.8. The minimum atomic E-state index is -0.414. The quantitative estimate of drug-likeness (QED) is 0.725. The van der Waals surface area contributed by atoms with E-state index in [2.05, 4.69) is 15.3 Å². The second-order valence-corrected chi connectivity index (χ2v) is 5.59. The first-order valence-corrected chi connectivity index (χ1v) is 7.65. The van der Waals surface area contributed by atoms with Gasteiger partial charge in [0, 0.05) is 28.7 Å². The highest BCUT2D eigenvalue weighted by Gasteiger charge is 2.16. The van der Waals surface area contributed by atoms with Crippen LogP contribution in [0.5, 0.6) is 0 Å². The fourth-order valence-electron chi connectivity index (χ4n) is 2.05. The number of H-pyrrole nitrogens is 1. The maximum atomic E-state index is 12.1. The zero-order valence-corrected chi connectivity index (χ0v) is 14.3. The molecule has 0 spiro atoms. The summed E-state index contributed by atoms with van der Waals surface area (Å²) in [6.45, 7) is 0. The van der Waals surface area contributed by atoms with Gasteiger partial charge in [-0.25, -0.2) is 15.1 Å². The Balaban J connectivity index is 2.30. The number of carbonyl (C=O) groups is 1. The SMILES string of the molecule is CN=C(/C=C\N)C(=O)Nc1ccc(-c2cc(Cl)ccc2Cl)c(N)[nH+]1. The van der Waals surface area contributed by atoms with E-state index in [0.717, 1.165) is 0 Å². The van der Waals surface area contributed by atoms with Crippen LogP contribution in [-0.4, -0.2) is 18.7 Å². The van der Waals surface area contributed by atoms with Crippen LogP contribution in [0.2, 0.25) is 10.0 Å². The van der Waals surface area contributed by atoms with Crippen molar-refractivity contribution in [1.82, 2.24) is 0 Å². The molecule has 24 heavy (non-hydrogen) atoms. The van der Waals surface area contributed by atoms with Gasteiger partial charge in [0.15, 0.2) is 0 Å². The summed E-state index contributed by atoms with van der Waals surface area (Å²) in [5.74, 6) is 0.329. The Morgan fingerprint density at radius 3 is 2.62 bits per heavy atom. The number of nitrogen functional groups attached to an aromatic ring is 1. The number of anilines is 2. The Kier molecular flexibility index (Phi) is 5.78. The summed E-state index contributed by atoms with van der Waals surface area (Å²) < 4.78 is 0. The molecule has 0 atom stereocenters. The Hall–Kier alpha value is -2.57. The van der Waals surface area contributed by atoms with Gasteiger partial charge in [0.2, 0.25) is 11.6 Å². The number of hydrogen-bond acceptors (Lipinski definition) is 4. The lowest BCUT2D eigenvalue weighted by Crippen LogP contribution is -2.27. The number of benzene rings is 1. The van der Waals surface area contributed by atoms with Gasteiger partial charge >= 0.3 is 5.91 Å². The molecule has 0 radical (unpaired) electrons. The molecular weight excluding hydrogens is 349 g/mol. The Labute approximate surface area is 149 Å². The average molecular weight is 365 g/mol. The number of rotatable bonds is 4. The first-order chi connectivity index (χ1) is 11.5. The van der Waals surface area contributed by atoms with E-state index in [1.807, 2.05) is 0 Å². The summed E-state index contributed by atoms with van der Waals surface area (Å²) in [4.78, 5) is 18.8. The molecule has 6 N–H and O–H groups in total. The number of nitrogens with zero attached hydrogens (tertiary/aromatic N) is 1. The standard InChI is InChI=1S/C16H15Cl2N5O/c1-21-13(6-7-19)16(24)23-14-5-3-10(15(20)22-14)11-8-9(17)2-4-12(11)18/h2-8H,19H2,1H3,(H3,20,22,23,24)/p+1/b7-6-,21-13?. The second kappa shape index (κ2) is 7.81. The van der Waals surface area contributed by atoms with Crippen molar-refractivity contribution in [2.75, 3.05) is 18.1 Å². The number of hydrogen-bond donors (Lipinski definition) is 3. The Morgan fingerprint density at radius 2 is 2.00 bits per heavy atom. The number of aromatic nitrogens is 1. The van der Waals surface area contributed by atoms with Crippen molar-refractivity contribution in [1.29, 1.82) is 0 Å². The lowest BCUT2D eigenvalue weighted by Gasteiger charge is -2.07. The molecule has 1 aromatic carbocycles. The number of halogens is 2. The molecule has 0 bridgehead atoms. The third-order valence-corrected chi connectivity index (χ3v) is 3.74. The number of aromatic amines is 1. The molecular formula is C16H16Cl2N5O+. The number of nitrogens with one attached hydrogen (secondary N) is 2. The van der Waals surface area contributed by atoms with E-state index in [1.165, 1.54) is 19.3 Å². The minimum Gasteiger partial charge on any atom is -0.405 e. The van der Waals surface area contributed by atoms with Crippen LogP contribution in [0.4, 0.5) is 11.6 Å². The van der Waals surface area contributed by atoms with Crippen LogP contribution < -0.4 is 21.8 Å². The van der Waals surface area contributed by atoms with Gasteiger partial charge in [0.25, 0.3) is 0 Å². The predicted molar refractivity (Wildman–Crippen MR) is 98.2 cm³/mol. The van der Waals surface area contributed by atoms with Crippen LogP contribution in [0.15, 0.2) is 47.6 Å². The first-order valence-electron chi connectivity index (χ1n) is 6.90. The molecule has 0 unspecified atom stereocenters. The van der Waals surface area contributed by atoms with Crippen molar-refractivity contribution in [3.63, 3.8) is 0 Å². The smallest absolute Gasteiger partial charge is 0.329 e. The van der Waals surface area contributed by atoms with Crippen LogP contribution in [0, 0.1) is 0 Å². The van der Waals surface area contributed by atoms with E-state index in [1.54, 1.807) is 30.3 Å². The van der Waals surface area contributed by atoms with Crippen molar-refractivity contribution >= 4 is 46.5 Å². The predicted octanol–water partition coefficient (Wildman–Crippen LogP) is 2.54. The number of amides is 1. The minimum absolute atomic E-state index is 0.187. The summed E-state index contributed by atoms with van der Waals surface area (Å²) in [7, 11) is 1.50. The van der Waals surface area contributed by atoms with Gasteiger partial charge in [0.05, 0.1) is 5.56 Å². The van der Waals surface area contributed by atoms with Gasteiger partial charge < -0.3 is 11.5 Å². The average Bonchev–Trinajstić information content (AvgIpc) is 2.55. The van der Waals surface area contributed by atoms with Crippen LogP contribution in [-0.2, 0) is 4.79 Å². The molecule has 1 aromatic heterocycles. The highest BCUT2D eigenvalue weighted by atomic mass is 35.5. The molecule has 2 aromatic rings. The number of pyridine rings is 1. The molecule has 8 heteroatoms. The summed E-state index contributed by atoms with van der Waals surface area (Å²) in [5.41, 5.74) is 12.9. The molecule has 124 valence electrons. The summed E-state index contributed by atoms with van der Waals surface area (Å²) in [6.07, 6.45) is 2.64. The normalized spacial score (nSPS) is 11.7. The van der Waals surface area contributed by atoms with E-state index in [4.69, 9.17) is 34.7 Å². The van der Waals surface area contributed by atoms with Crippen LogP contribution >= 0.6 is 23.2 Å². The highest BCUT2D eigenvalue weighted by Crippen LogP contribution is 2.32. The molecule has 2 rings (SSSR count). The number of nitrogens with two attached hydrogens (primary N) is 2. The van der Waals surface area contributed by atoms with Crippen molar-refractivity contribution in [2.24, 2.45) is 10.7 Å². The van der Waals surface area contributed by atoms with Crippen molar-refractivity contribution in [3.05, 3.63) is 52.7 Å². The van der Waals surface area contributed by atoms with E-state index in [0.29, 0.717) is 32.8 Å². The molecule has 1 amide bonds. The van der Waals surface area contributed by atoms with Crippen LogP contribution in [0.1, 0.15) is 0 Å². The number of aliphatic imine (C=N–C) groups is 1. The van der Waals surface area contributed by atoms with E-state index < -0.39 is 5.91 Å². The zero-order chi connectivity index (χ0) is 17.7. The third-order valence-electron chi connectivity index (χ3n) is 3.17. The van der Waals surface area contributed by atoms with Crippen molar-refractivity contribution in [2.45, 2.75) is 0 Å². The van der Waals surface area contributed by atoms with Gasteiger partial charge in [0.1, 0.15) is 5.71 Å². The molecule has 0 aliphatic heterocycles. The molecule has 0 aliphatic rings. The summed E-state index contributed by atoms with van der Waals surface area (Å²) in [6, 6.07) is 8.51. The van der Waals surface area contributed by atoms with Crippen molar-refractivity contribution in [3.8, 4) is 11.1 Å². The second-order valence-electron chi connectivity index (χ2n) is 4.75. The molecule has 0 saturated carbocycles. The lowest BCUT2D eigenvalue weighted by atomic mass is 10.1. The molecule has 1 heterocycles. The van der Waals surface area contributed by atoms with Gasteiger partial charge in [-0.1, -0.05) is 23.2 Å². The van der Waals surface area contributed by atoms with Crippen LogP contribution in [0.25, 0.3) is 11.1 Å². The van der Waals surface area contributed by atoms with E-state index >= 15 is 0 Å². The largest absolute Gasteiger partial charge is 0.405 e. The Bertz CT molecular complexity index is 833. The molecule has 0 aliphatic carbocycles. The first kappa shape index (κ1) is 17.8. The fourth-order valence-corrected chi connectivity index (χ4v) is 2.44. The van der Waals surface area contributed by atoms with Crippen LogP contribution in [0.3, 0.4) is 0 Å². The topological polar surface area (TPSA) is 108 Å². The van der Waals surface area contributed by atoms with Gasteiger partial charge in [-0.2, -0.15) is 0 Å². The fraction of sp³-hybridized carbons (Fsp3) is 0.0625. The van der Waals surface area contributed by atoms with Gasteiger partial charge in [-0.3, -0.25) is 4.99 Å². The van der Waals surface area contributed by atoms with Crippen molar-refractivity contribution < 1.29 is 9.78 Å². The maximum absolute atomic E-state index is 12.1. The molecule has 0 saturated heterocycles.